The van der Waals surface area contributed by atoms with Crippen LogP contribution in [0.4, 0.5) is 0 Å². The van der Waals surface area contributed by atoms with Crippen LogP contribution >= 0.6 is 11.6 Å². The van der Waals surface area contributed by atoms with E-state index in [1.807, 2.05) is 42.5 Å². The minimum Gasteiger partial charge on any atom is -0.497 e. The Bertz CT molecular complexity index is 1620. The van der Waals surface area contributed by atoms with E-state index >= 15 is 0 Å². The second-order valence-corrected chi connectivity index (χ2v) is 11.4. The molecule has 0 bridgehead atoms. The van der Waals surface area contributed by atoms with Gasteiger partial charge in [0.05, 0.1) is 18.3 Å². The van der Waals surface area contributed by atoms with E-state index in [0.717, 1.165) is 22.2 Å². The number of hydrogen-bond donors (Lipinski definition) is 1. The second-order valence-electron chi connectivity index (χ2n) is 8.50. The van der Waals surface area contributed by atoms with E-state index in [0.29, 0.717) is 16.3 Å². The summed E-state index contributed by atoms with van der Waals surface area (Å²) in [6, 6.07) is 20.9. The van der Waals surface area contributed by atoms with Crippen LogP contribution in [-0.2, 0) is 9.84 Å². The van der Waals surface area contributed by atoms with Gasteiger partial charge in [-0.05, 0) is 53.6 Å². The first-order valence-corrected chi connectivity index (χ1v) is 13.9. The van der Waals surface area contributed by atoms with Gasteiger partial charge < -0.3 is 14.6 Å². The smallest absolute Gasteiger partial charge is 0.339 e. The van der Waals surface area contributed by atoms with Crippen LogP contribution in [0.2, 0.25) is 5.02 Å². The average Bonchev–Trinajstić information content (AvgIpc) is 2.91. The molecular formula is C29H26ClNO6S. The highest BCUT2D eigenvalue weighted by Gasteiger charge is 2.27. The summed E-state index contributed by atoms with van der Waals surface area (Å²) in [4.78, 5) is 16.3. The maximum Gasteiger partial charge on any atom is 0.339 e. The maximum absolute atomic E-state index is 13.0. The number of aromatic nitrogens is 1. The molecule has 4 rings (SSSR count). The third-order valence-corrected chi connectivity index (χ3v) is 8.36. The minimum atomic E-state index is -3.59. The van der Waals surface area contributed by atoms with Gasteiger partial charge in [-0.2, -0.15) is 0 Å². The molecule has 1 heterocycles. The molecule has 196 valence electrons. The number of hydrogen-bond acceptors (Lipinski definition) is 6. The van der Waals surface area contributed by atoms with E-state index in [1.165, 1.54) is 19.2 Å². The van der Waals surface area contributed by atoms with Crippen molar-refractivity contribution in [3.63, 3.8) is 0 Å². The number of pyridine rings is 1. The predicted molar refractivity (Wildman–Crippen MR) is 150 cm³/mol. The Morgan fingerprint density at radius 3 is 2.58 bits per heavy atom. The van der Waals surface area contributed by atoms with Crippen LogP contribution in [0.3, 0.4) is 0 Å². The summed E-state index contributed by atoms with van der Waals surface area (Å²) in [6.45, 7) is 1.32. The van der Waals surface area contributed by atoms with Gasteiger partial charge in [0, 0.05) is 16.2 Å². The quantitative estimate of drug-likeness (QED) is 0.246. The first kappa shape index (κ1) is 27.2. The van der Waals surface area contributed by atoms with Crippen molar-refractivity contribution in [3.05, 3.63) is 100 Å². The zero-order valence-corrected chi connectivity index (χ0v) is 22.4. The standard InChI is InChI=1S/C29H26ClNO6S/c1-3-38(34,35)28(18-37-27-14-13-24(36-2)17-25(27)29(32)33)21-6-4-5-19(15-21)7-11-23-12-9-20-8-10-22(30)16-26(20)31-23/h4-17,28H,3,18H2,1-2H3,(H,32,33)/b11-7+. The van der Waals surface area contributed by atoms with E-state index in [9.17, 15) is 18.3 Å². The molecule has 0 saturated heterocycles. The van der Waals surface area contributed by atoms with E-state index in [-0.39, 0.29) is 23.7 Å². The zero-order valence-electron chi connectivity index (χ0n) is 20.8. The van der Waals surface area contributed by atoms with Crippen molar-refractivity contribution in [1.82, 2.24) is 4.98 Å². The molecule has 1 aromatic heterocycles. The second kappa shape index (κ2) is 11.7. The first-order chi connectivity index (χ1) is 18.2. The number of carboxylic acids is 1. The Morgan fingerprint density at radius 1 is 1.05 bits per heavy atom. The van der Waals surface area contributed by atoms with Crippen LogP contribution in [-0.4, -0.2) is 43.9 Å². The molecule has 0 fully saturated rings. The summed E-state index contributed by atoms with van der Waals surface area (Å²) in [5.74, 6) is -0.881. The Labute approximate surface area is 226 Å². The number of carboxylic acid groups (broad SMARTS) is 1. The zero-order chi connectivity index (χ0) is 27.3. The van der Waals surface area contributed by atoms with Crippen LogP contribution in [0.15, 0.2) is 72.8 Å². The van der Waals surface area contributed by atoms with Crippen LogP contribution in [0, 0.1) is 0 Å². The van der Waals surface area contributed by atoms with Crippen molar-refractivity contribution in [2.75, 3.05) is 19.5 Å². The van der Waals surface area contributed by atoms with Gasteiger partial charge in [0.15, 0.2) is 9.84 Å². The Hall–Kier alpha value is -3.88. The number of benzene rings is 3. The summed E-state index contributed by atoms with van der Waals surface area (Å²) in [5, 5.41) is 10.1. The number of rotatable bonds is 10. The highest BCUT2D eigenvalue weighted by atomic mass is 35.5. The average molecular weight is 552 g/mol. The lowest BCUT2D eigenvalue weighted by molar-refractivity contribution is 0.0692. The fourth-order valence-corrected chi connectivity index (χ4v) is 5.35. The van der Waals surface area contributed by atoms with Crippen LogP contribution in [0.1, 0.15) is 39.4 Å². The van der Waals surface area contributed by atoms with Crippen LogP contribution < -0.4 is 9.47 Å². The molecule has 7 nitrogen and oxygen atoms in total. The minimum absolute atomic E-state index is 0.0631. The van der Waals surface area contributed by atoms with Gasteiger partial charge in [-0.15, -0.1) is 0 Å². The van der Waals surface area contributed by atoms with Gasteiger partial charge in [-0.1, -0.05) is 61.0 Å². The lowest BCUT2D eigenvalue weighted by Gasteiger charge is -2.19. The molecule has 0 saturated carbocycles. The highest BCUT2D eigenvalue weighted by Crippen LogP contribution is 2.29. The molecule has 1 N–H and O–H groups in total. The number of halogens is 1. The molecule has 0 radical (unpaired) electrons. The summed E-state index contributed by atoms with van der Waals surface area (Å²) >= 11 is 6.09. The van der Waals surface area contributed by atoms with E-state index in [4.69, 9.17) is 21.1 Å². The largest absolute Gasteiger partial charge is 0.497 e. The summed E-state index contributed by atoms with van der Waals surface area (Å²) in [5.41, 5.74) is 2.71. The molecule has 0 aliphatic rings. The summed E-state index contributed by atoms with van der Waals surface area (Å²) in [7, 11) is -2.16. The van der Waals surface area contributed by atoms with Crippen molar-refractivity contribution < 1.29 is 27.8 Å². The van der Waals surface area contributed by atoms with E-state index < -0.39 is 21.1 Å². The molecule has 0 aliphatic carbocycles. The molecule has 3 aromatic carbocycles. The molecule has 0 amide bonds. The molecule has 0 spiro atoms. The van der Waals surface area contributed by atoms with Crippen molar-refractivity contribution in [2.45, 2.75) is 12.2 Å². The lowest BCUT2D eigenvalue weighted by atomic mass is 10.1. The normalized spacial score (nSPS) is 12.5. The van der Waals surface area contributed by atoms with Gasteiger partial charge in [-0.25, -0.2) is 18.2 Å². The van der Waals surface area contributed by atoms with Crippen LogP contribution in [0.25, 0.3) is 23.1 Å². The van der Waals surface area contributed by atoms with Gasteiger partial charge in [0.25, 0.3) is 0 Å². The fraction of sp³-hybridized carbons (Fsp3) is 0.172. The van der Waals surface area contributed by atoms with Gasteiger partial charge >= 0.3 is 5.97 Å². The summed E-state index contributed by atoms with van der Waals surface area (Å²) < 4.78 is 36.9. The number of ether oxygens (including phenoxy) is 2. The van der Waals surface area contributed by atoms with E-state index in [1.54, 1.807) is 37.3 Å². The Balaban J connectivity index is 1.61. The molecular weight excluding hydrogens is 526 g/mol. The third kappa shape index (κ3) is 6.33. The number of fused-ring (bicyclic) bond motifs is 1. The van der Waals surface area contributed by atoms with Gasteiger partial charge in [0.2, 0.25) is 0 Å². The van der Waals surface area contributed by atoms with Crippen molar-refractivity contribution in [1.29, 1.82) is 0 Å². The number of sulfone groups is 1. The van der Waals surface area contributed by atoms with Crippen molar-refractivity contribution >= 4 is 50.5 Å². The molecule has 0 aliphatic heterocycles. The molecule has 38 heavy (non-hydrogen) atoms. The fourth-order valence-electron chi connectivity index (χ4n) is 3.95. The highest BCUT2D eigenvalue weighted by molar-refractivity contribution is 7.91. The number of nitrogens with zero attached hydrogens (tertiary/aromatic N) is 1. The topological polar surface area (TPSA) is 103 Å². The molecule has 4 aromatic rings. The maximum atomic E-state index is 13.0. The van der Waals surface area contributed by atoms with Crippen molar-refractivity contribution in [3.8, 4) is 11.5 Å². The van der Waals surface area contributed by atoms with Gasteiger partial charge in [-0.3, -0.25) is 0 Å². The monoisotopic (exact) mass is 551 g/mol. The lowest BCUT2D eigenvalue weighted by Crippen LogP contribution is -2.22. The van der Waals surface area contributed by atoms with E-state index in [2.05, 4.69) is 4.98 Å². The Kier molecular flexibility index (Phi) is 8.34. The predicted octanol–water partition coefficient (Wildman–Crippen LogP) is 6.32. The van der Waals surface area contributed by atoms with Crippen LogP contribution in [0.5, 0.6) is 11.5 Å². The first-order valence-electron chi connectivity index (χ1n) is 11.8. The molecule has 1 atom stereocenters. The Morgan fingerprint density at radius 2 is 1.84 bits per heavy atom. The number of carbonyl (C=O) groups is 1. The summed E-state index contributed by atoms with van der Waals surface area (Å²) in [6.07, 6.45) is 3.69. The number of aromatic carboxylic acids is 1. The molecule has 1 unspecified atom stereocenters. The number of methoxy groups -OCH3 is 1. The molecule has 9 heteroatoms. The SMILES string of the molecule is CCS(=O)(=O)C(COc1ccc(OC)cc1C(=O)O)c1cccc(/C=C/c2ccc3ccc(Cl)cc3n2)c1. The van der Waals surface area contributed by atoms with Crippen molar-refractivity contribution in [2.24, 2.45) is 0 Å². The third-order valence-electron chi connectivity index (χ3n) is 6.05. The van der Waals surface area contributed by atoms with Gasteiger partial charge in [0.1, 0.15) is 28.9 Å².